The minimum absolute atomic E-state index is 0.175. The van der Waals surface area contributed by atoms with E-state index in [1.165, 1.54) is 0 Å². The van der Waals surface area contributed by atoms with Gasteiger partial charge in [0.25, 0.3) is 0 Å². The van der Waals surface area contributed by atoms with Crippen LogP contribution in [0.2, 0.25) is 0 Å². The monoisotopic (exact) mass is 298 g/mol. The van der Waals surface area contributed by atoms with E-state index in [1.807, 2.05) is 39.0 Å². The van der Waals surface area contributed by atoms with E-state index in [-0.39, 0.29) is 11.4 Å². The van der Waals surface area contributed by atoms with Crippen molar-refractivity contribution in [1.82, 2.24) is 0 Å². The van der Waals surface area contributed by atoms with Crippen LogP contribution in [-0.2, 0) is 4.74 Å². The van der Waals surface area contributed by atoms with E-state index < -0.39 is 0 Å². The van der Waals surface area contributed by atoms with Gasteiger partial charge in [-0.05, 0) is 44.9 Å². The molecule has 0 aliphatic heterocycles. The third-order valence-electron chi connectivity index (χ3n) is 3.01. The van der Waals surface area contributed by atoms with Crippen molar-refractivity contribution in [2.45, 2.75) is 39.2 Å². The van der Waals surface area contributed by atoms with E-state index in [0.717, 1.165) is 22.0 Å². The van der Waals surface area contributed by atoms with Gasteiger partial charge in [-0.2, -0.15) is 0 Å². The average Bonchev–Trinajstić information content (AvgIpc) is 2.29. The first kappa shape index (κ1) is 14.4. The van der Waals surface area contributed by atoms with Crippen molar-refractivity contribution in [2.24, 2.45) is 0 Å². The van der Waals surface area contributed by atoms with Crippen LogP contribution in [0, 0.1) is 6.92 Å². The summed E-state index contributed by atoms with van der Waals surface area (Å²) in [6.07, 6.45) is 1.24. The van der Waals surface area contributed by atoms with Gasteiger partial charge in [-0.3, -0.25) is 4.79 Å². The van der Waals surface area contributed by atoms with Crippen LogP contribution in [0.1, 0.15) is 42.6 Å². The fourth-order valence-corrected chi connectivity index (χ4v) is 1.91. The number of aryl methyl sites for hydroxylation is 1. The van der Waals surface area contributed by atoms with Crippen molar-refractivity contribution in [1.29, 1.82) is 0 Å². The Hall–Kier alpha value is -0.670. The highest BCUT2D eigenvalue weighted by molar-refractivity contribution is 9.10. The van der Waals surface area contributed by atoms with Gasteiger partial charge in [-0.25, -0.2) is 0 Å². The van der Waals surface area contributed by atoms with Gasteiger partial charge in [0.15, 0.2) is 5.78 Å². The topological polar surface area (TPSA) is 26.3 Å². The van der Waals surface area contributed by atoms with Gasteiger partial charge in [0.05, 0.1) is 5.60 Å². The summed E-state index contributed by atoms with van der Waals surface area (Å²) in [5.41, 5.74) is 1.58. The van der Waals surface area contributed by atoms with Crippen LogP contribution in [0.3, 0.4) is 0 Å². The quantitative estimate of drug-likeness (QED) is 0.764. The predicted octanol–water partition coefficient (Wildman–Crippen LogP) is 4.15. The SMILES string of the molecule is COC(C)(C)CCC(=O)c1cc(Br)ccc1C. The van der Waals surface area contributed by atoms with Gasteiger partial charge in [-0.15, -0.1) is 0 Å². The molecule has 0 saturated carbocycles. The van der Waals surface area contributed by atoms with E-state index in [0.29, 0.717) is 6.42 Å². The van der Waals surface area contributed by atoms with Crippen molar-refractivity contribution >= 4 is 21.7 Å². The lowest BCUT2D eigenvalue weighted by molar-refractivity contribution is 0.0141. The van der Waals surface area contributed by atoms with Gasteiger partial charge in [-0.1, -0.05) is 22.0 Å². The van der Waals surface area contributed by atoms with Crippen molar-refractivity contribution in [3.8, 4) is 0 Å². The Morgan fingerprint density at radius 1 is 1.41 bits per heavy atom. The maximum absolute atomic E-state index is 12.1. The molecule has 17 heavy (non-hydrogen) atoms. The van der Waals surface area contributed by atoms with Crippen LogP contribution in [0.5, 0.6) is 0 Å². The highest BCUT2D eigenvalue weighted by atomic mass is 79.9. The van der Waals surface area contributed by atoms with Gasteiger partial charge < -0.3 is 4.74 Å². The highest BCUT2D eigenvalue weighted by Crippen LogP contribution is 2.21. The second-order valence-electron chi connectivity index (χ2n) is 4.85. The molecule has 0 bridgehead atoms. The summed E-state index contributed by atoms with van der Waals surface area (Å²) in [5, 5.41) is 0. The molecule has 1 aromatic rings. The second-order valence-corrected chi connectivity index (χ2v) is 5.76. The molecular weight excluding hydrogens is 280 g/mol. The minimum atomic E-state index is -0.240. The number of carbonyl (C=O) groups excluding carboxylic acids is 1. The first-order valence-electron chi connectivity index (χ1n) is 5.70. The van der Waals surface area contributed by atoms with Crippen molar-refractivity contribution in [3.05, 3.63) is 33.8 Å². The summed E-state index contributed by atoms with van der Waals surface area (Å²) in [4.78, 5) is 12.1. The molecule has 2 nitrogen and oxygen atoms in total. The molecule has 0 fully saturated rings. The number of halogens is 1. The summed E-state index contributed by atoms with van der Waals surface area (Å²) in [7, 11) is 1.68. The molecule has 0 spiro atoms. The van der Waals surface area contributed by atoms with E-state index in [1.54, 1.807) is 7.11 Å². The molecule has 0 N–H and O–H groups in total. The zero-order valence-corrected chi connectivity index (χ0v) is 12.4. The largest absolute Gasteiger partial charge is 0.379 e. The maximum Gasteiger partial charge on any atom is 0.163 e. The highest BCUT2D eigenvalue weighted by Gasteiger charge is 2.19. The number of hydrogen-bond donors (Lipinski definition) is 0. The average molecular weight is 299 g/mol. The molecular formula is C14H19BrO2. The van der Waals surface area contributed by atoms with Crippen LogP contribution in [0.25, 0.3) is 0 Å². The van der Waals surface area contributed by atoms with Crippen LogP contribution in [-0.4, -0.2) is 18.5 Å². The lowest BCUT2D eigenvalue weighted by Gasteiger charge is -2.22. The Kier molecular flexibility index (Phi) is 4.90. The summed E-state index contributed by atoms with van der Waals surface area (Å²) in [6.45, 7) is 5.95. The fraction of sp³-hybridized carbons (Fsp3) is 0.500. The minimum Gasteiger partial charge on any atom is -0.379 e. The van der Waals surface area contributed by atoms with Crippen LogP contribution < -0.4 is 0 Å². The molecule has 0 atom stereocenters. The van der Waals surface area contributed by atoms with Gasteiger partial charge in [0, 0.05) is 23.6 Å². The van der Waals surface area contributed by atoms with E-state index in [9.17, 15) is 4.79 Å². The molecule has 0 unspecified atom stereocenters. The third-order valence-corrected chi connectivity index (χ3v) is 3.50. The van der Waals surface area contributed by atoms with Gasteiger partial charge in [0.2, 0.25) is 0 Å². The molecule has 0 aromatic heterocycles. The number of benzene rings is 1. The Morgan fingerprint density at radius 2 is 2.06 bits per heavy atom. The summed E-state index contributed by atoms with van der Waals surface area (Å²) >= 11 is 3.39. The second kappa shape index (κ2) is 5.78. The van der Waals surface area contributed by atoms with E-state index in [2.05, 4.69) is 15.9 Å². The lowest BCUT2D eigenvalue weighted by atomic mass is 9.96. The molecule has 0 aliphatic rings. The Balaban J connectivity index is 2.74. The first-order valence-corrected chi connectivity index (χ1v) is 6.49. The molecule has 0 amide bonds. The summed E-state index contributed by atoms with van der Waals surface area (Å²) in [6, 6.07) is 5.79. The molecule has 1 aromatic carbocycles. The Morgan fingerprint density at radius 3 is 2.65 bits per heavy atom. The van der Waals surface area contributed by atoms with Crippen LogP contribution >= 0.6 is 15.9 Å². The normalized spacial score (nSPS) is 11.6. The third kappa shape index (κ3) is 4.25. The van der Waals surface area contributed by atoms with Crippen LogP contribution in [0.15, 0.2) is 22.7 Å². The van der Waals surface area contributed by atoms with Crippen LogP contribution in [0.4, 0.5) is 0 Å². The number of hydrogen-bond acceptors (Lipinski definition) is 2. The smallest absolute Gasteiger partial charge is 0.163 e. The van der Waals surface area contributed by atoms with Gasteiger partial charge >= 0.3 is 0 Å². The zero-order valence-electron chi connectivity index (χ0n) is 10.8. The van der Waals surface area contributed by atoms with E-state index in [4.69, 9.17) is 4.74 Å². The van der Waals surface area contributed by atoms with Crippen molar-refractivity contribution in [2.75, 3.05) is 7.11 Å². The van der Waals surface area contributed by atoms with Crippen molar-refractivity contribution < 1.29 is 9.53 Å². The molecule has 0 heterocycles. The number of methoxy groups -OCH3 is 1. The summed E-state index contributed by atoms with van der Waals surface area (Å²) < 4.78 is 6.26. The molecule has 0 aliphatic carbocycles. The maximum atomic E-state index is 12.1. The molecule has 94 valence electrons. The zero-order chi connectivity index (χ0) is 13.1. The molecule has 0 saturated heterocycles. The number of rotatable bonds is 5. The Bertz CT molecular complexity index is 411. The number of carbonyl (C=O) groups is 1. The number of ketones is 1. The molecule has 3 heteroatoms. The Labute approximate surface area is 111 Å². The number of ether oxygens (including phenoxy) is 1. The predicted molar refractivity (Wildman–Crippen MR) is 73.5 cm³/mol. The van der Waals surface area contributed by atoms with Crippen molar-refractivity contribution in [3.63, 3.8) is 0 Å². The van der Waals surface area contributed by atoms with E-state index >= 15 is 0 Å². The number of Topliss-reactive ketones (excluding diaryl/α,β-unsaturated/α-hetero) is 1. The lowest BCUT2D eigenvalue weighted by Crippen LogP contribution is -2.23. The molecule has 0 radical (unpaired) electrons. The standard InChI is InChI=1S/C14H19BrO2/c1-10-5-6-11(15)9-12(10)13(16)7-8-14(2,3)17-4/h5-6,9H,7-8H2,1-4H3. The fourth-order valence-electron chi connectivity index (χ4n) is 1.55. The molecule has 1 rings (SSSR count). The van der Waals surface area contributed by atoms with Gasteiger partial charge in [0.1, 0.15) is 0 Å². The summed E-state index contributed by atoms with van der Waals surface area (Å²) in [5.74, 6) is 0.175. The first-order chi connectivity index (χ1) is 7.85.